The van der Waals surface area contributed by atoms with E-state index in [0.717, 1.165) is 0 Å². The number of halogens is 1. The van der Waals surface area contributed by atoms with Gasteiger partial charge in [-0.3, -0.25) is 13.6 Å². The summed E-state index contributed by atoms with van der Waals surface area (Å²) in [5.74, 6) is 0. The number of hydrogen-bond donors (Lipinski definition) is 4. The number of hydrogen-bond acceptors (Lipinski definition) is 3. The molecule has 10 heavy (non-hydrogen) atoms. The van der Waals surface area contributed by atoms with E-state index in [1.165, 1.54) is 0 Å². The molecule has 7 nitrogen and oxygen atoms in total. The molecule has 0 spiro atoms. The van der Waals surface area contributed by atoms with Crippen LogP contribution in [0.25, 0.3) is 0 Å². The van der Waals surface area contributed by atoms with Crippen molar-refractivity contribution in [2.75, 3.05) is 0 Å². The Labute approximate surface area is 64.2 Å². The van der Waals surface area contributed by atoms with Crippen molar-refractivity contribution in [2.45, 2.75) is 0 Å². The summed E-state index contributed by atoms with van der Waals surface area (Å²) in [6.07, 6.45) is 0. The third kappa shape index (κ3) is 7170. The largest absolute Gasteiger partial charge is 0.761 e. The van der Waals surface area contributed by atoms with Crippen LogP contribution < -0.4 is 0 Å². The molecule has 0 heterocycles. The Kier molecular flexibility index (Phi) is 11.3. The summed E-state index contributed by atoms with van der Waals surface area (Å²) in [6, 6.07) is 0. The van der Waals surface area contributed by atoms with Crippen molar-refractivity contribution in [3.63, 3.8) is 0 Å². The van der Waals surface area contributed by atoms with Gasteiger partial charge in [-0.1, -0.05) is 0 Å². The summed E-state index contributed by atoms with van der Waals surface area (Å²) in [5, 5.41) is 0. The van der Waals surface area contributed by atoms with Crippen molar-refractivity contribution in [2.24, 2.45) is 0 Å². The van der Waals surface area contributed by atoms with Gasteiger partial charge in [-0.05, 0) is 0 Å². The molecule has 0 rings (SSSR count). The van der Waals surface area contributed by atoms with E-state index in [-0.39, 0.29) is 12.4 Å². The highest BCUT2D eigenvalue weighted by molar-refractivity contribution is 7.79. The first kappa shape index (κ1) is 16.4. The second kappa shape index (κ2) is 6.89. The first-order valence-electron chi connectivity index (χ1n) is 1.35. The molecule has 4 N–H and O–H groups in total. The minimum Gasteiger partial charge on any atom is -0.511 e. The van der Waals surface area contributed by atoms with Crippen molar-refractivity contribution >= 4 is 32.0 Å². The van der Waals surface area contributed by atoms with Gasteiger partial charge in [-0.2, -0.15) is 8.42 Å². The molecule has 0 aromatic heterocycles. The van der Waals surface area contributed by atoms with Gasteiger partial charge in [-0.25, -0.2) is 0 Å². The Morgan fingerprint density at radius 3 is 1.10 bits per heavy atom. The molecule has 0 aromatic carbocycles. The molecule has 0 saturated heterocycles. The lowest BCUT2D eigenvalue weighted by Crippen LogP contribution is -1.90. The molecular formula is H5ClO7SSi. The van der Waals surface area contributed by atoms with Gasteiger partial charge >= 0.3 is 19.6 Å². The van der Waals surface area contributed by atoms with Crippen molar-refractivity contribution in [3.8, 4) is 0 Å². The van der Waals surface area contributed by atoms with Gasteiger partial charge in [0.1, 0.15) is 0 Å². The average Bonchev–Trinajstić information content (AvgIpc) is 1.19. The zero-order chi connectivity index (χ0) is 8.08. The lowest BCUT2D eigenvalue weighted by molar-refractivity contribution is 0.330. The molecule has 0 bridgehead atoms. The molecule has 0 aliphatic rings. The third-order valence-electron chi connectivity index (χ3n) is 0. The maximum atomic E-state index is 8.74. The smallest absolute Gasteiger partial charge is 0.511 e. The summed E-state index contributed by atoms with van der Waals surface area (Å²) < 4.78 is 40.3. The standard InChI is InChI=1S/ClH.H2O4S.H2O3Si/c;1-5(2,3)4;1-4(2)3/h1H;(H2,1,2,3,4);1-2H. The fourth-order valence-electron chi connectivity index (χ4n) is 0. The van der Waals surface area contributed by atoms with Crippen molar-refractivity contribution < 1.29 is 31.6 Å². The minimum atomic E-state index is -4.67. The van der Waals surface area contributed by atoms with Gasteiger partial charge in [0.2, 0.25) is 0 Å². The lowest BCUT2D eigenvalue weighted by atomic mass is 15.8. The van der Waals surface area contributed by atoms with E-state index in [0.29, 0.717) is 0 Å². The summed E-state index contributed by atoms with van der Waals surface area (Å²) in [4.78, 5) is 14.3. The SMILES string of the molecule is Cl.O=S(=O)(O)O.O=[Si](O)O. The van der Waals surface area contributed by atoms with Crippen LogP contribution in [-0.4, -0.2) is 36.3 Å². The molecule has 0 radical (unpaired) electrons. The van der Waals surface area contributed by atoms with E-state index in [1.807, 2.05) is 0 Å². The maximum absolute atomic E-state index is 8.74. The van der Waals surface area contributed by atoms with Crippen LogP contribution in [0, 0.1) is 0 Å². The summed E-state index contributed by atoms with van der Waals surface area (Å²) in [7, 11) is -7.80. The van der Waals surface area contributed by atoms with Gasteiger partial charge in [0, 0.05) is 0 Å². The van der Waals surface area contributed by atoms with Crippen LogP contribution in [0.5, 0.6) is 0 Å². The quantitative estimate of drug-likeness (QED) is 0.274. The third-order valence-corrected chi connectivity index (χ3v) is 0. The van der Waals surface area contributed by atoms with Gasteiger partial charge in [0.25, 0.3) is 0 Å². The van der Waals surface area contributed by atoms with Crippen LogP contribution in [0.2, 0.25) is 0 Å². The Bertz CT molecular complexity index is 156. The van der Waals surface area contributed by atoms with E-state index in [4.69, 9.17) is 31.6 Å². The highest BCUT2D eigenvalue weighted by Gasteiger charge is 1.85. The molecule has 0 aromatic rings. The van der Waals surface area contributed by atoms with E-state index >= 15 is 0 Å². The zero-order valence-corrected chi connectivity index (χ0v) is 6.96. The molecule has 64 valence electrons. The highest BCUT2D eigenvalue weighted by atomic mass is 35.5. The molecule has 0 fully saturated rings. The van der Waals surface area contributed by atoms with Gasteiger partial charge < -0.3 is 9.59 Å². The normalized spacial score (nSPS) is 8.20. The summed E-state index contributed by atoms with van der Waals surface area (Å²) in [5.41, 5.74) is 0. The van der Waals surface area contributed by atoms with Crippen LogP contribution in [0.3, 0.4) is 0 Å². The van der Waals surface area contributed by atoms with E-state index in [2.05, 4.69) is 0 Å². The van der Waals surface area contributed by atoms with Crippen LogP contribution >= 0.6 is 12.4 Å². The predicted molar refractivity (Wildman–Crippen MR) is 32.3 cm³/mol. The number of rotatable bonds is 0. The van der Waals surface area contributed by atoms with Crippen LogP contribution in [-0.2, 0) is 14.9 Å². The fourth-order valence-corrected chi connectivity index (χ4v) is 0. The molecule has 10 heteroatoms. The Balaban J connectivity index is -0.0000000910. The van der Waals surface area contributed by atoms with Gasteiger partial charge in [0.15, 0.2) is 0 Å². The van der Waals surface area contributed by atoms with Crippen LogP contribution in [0.4, 0.5) is 0 Å². The Hall–Kier alpha value is -0.223. The molecule has 0 aliphatic heterocycles. The average molecular weight is 213 g/mol. The molecule has 0 amide bonds. The predicted octanol–water partition coefficient (Wildman–Crippen LogP) is -1.84. The summed E-state index contributed by atoms with van der Waals surface area (Å²) in [6.45, 7) is 0. The fraction of sp³-hybridized carbons (Fsp3) is 0. The van der Waals surface area contributed by atoms with E-state index in [9.17, 15) is 0 Å². The van der Waals surface area contributed by atoms with Gasteiger partial charge in [-0.15, -0.1) is 12.4 Å². The topological polar surface area (TPSA) is 132 Å². The zero-order valence-electron chi connectivity index (χ0n) is 4.33. The molecule has 0 aliphatic carbocycles. The Morgan fingerprint density at radius 1 is 1.10 bits per heavy atom. The second-order valence-electron chi connectivity index (χ2n) is 0.730. The highest BCUT2D eigenvalue weighted by Crippen LogP contribution is 1.59. The first-order chi connectivity index (χ1) is 3.73. The second-order valence-corrected chi connectivity index (χ2v) is 2.19. The van der Waals surface area contributed by atoms with Crippen LogP contribution in [0.15, 0.2) is 0 Å². The molecule has 0 saturated carbocycles. The summed E-state index contributed by atoms with van der Waals surface area (Å²) >= 11 is 0. The Morgan fingerprint density at radius 2 is 1.10 bits per heavy atom. The van der Waals surface area contributed by atoms with Crippen molar-refractivity contribution in [1.29, 1.82) is 0 Å². The van der Waals surface area contributed by atoms with Crippen molar-refractivity contribution in [3.05, 3.63) is 0 Å². The van der Waals surface area contributed by atoms with E-state index < -0.39 is 19.6 Å². The lowest BCUT2D eigenvalue weighted by Gasteiger charge is -1.68. The maximum Gasteiger partial charge on any atom is 0.761 e. The molecular weight excluding hydrogens is 208 g/mol. The van der Waals surface area contributed by atoms with Crippen molar-refractivity contribution in [1.82, 2.24) is 0 Å². The van der Waals surface area contributed by atoms with Crippen LogP contribution in [0.1, 0.15) is 0 Å². The molecule has 0 atom stereocenters. The monoisotopic (exact) mass is 212 g/mol. The van der Waals surface area contributed by atoms with E-state index in [1.54, 1.807) is 0 Å². The first-order valence-corrected chi connectivity index (χ1v) is 4.05. The minimum absolute atomic E-state index is 0. The van der Waals surface area contributed by atoms with Gasteiger partial charge in [0.05, 0.1) is 0 Å². The molecule has 0 unspecified atom stereocenters.